The van der Waals surface area contributed by atoms with Gasteiger partial charge in [0.15, 0.2) is 9.84 Å². The van der Waals surface area contributed by atoms with Crippen LogP contribution in [0, 0.1) is 11.3 Å². The fourth-order valence-electron chi connectivity index (χ4n) is 1.86. The monoisotopic (exact) mass is 352 g/mol. The second-order valence-electron chi connectivity index (χ2n) is 4.94. The average Bonchev–Trinajstić information content (AvgIpc) is 2.51. The van der Waals surface area contributed by atoms with Crippen LogP contribution in [0.2, 0.25) is 0 Å². The number of nitrogens with zero attached hydrogens (tertiary/aromatic N) is 2. The molecule has 0 fully saturated rings. The van der Waals surface area contributed by atoms with Gasteiger partial charge in [-0.05, 0) is 23.8 Å². The highest BCUT2D eigenvalue weighted by molar-refractivity contribution is 7.95. The minimum absolute atomic E-state index is 0.349. The first-order valence-corrected chi connectivity index (χ1v) is 8.46. The van der Waals surface area contributed by atoms with Gasteiger partial charge in [0.05, 0.1) is 11.3 Å². The molecule has 0 amide bonds. The van der Waals surface area contributed by atoms with E-state index in [1.165, 1.54) is 12.1 Å². The van der Waals surface area contributed by atoms with Crippen molar-refractivity contribution in [1.29, 1.82) is 5.26 Å². The molecule has 1 aromatic carbocycles. The van der Waals surface area contributed by atoms with Crippen LogP contribution in [0.4, 0.5) is 13.2 Å². The molecule has 0 saturated heterocycles. The summed E-state index contributed by atoms with van der Waals surface area (Å²) in [6, 6.07) is 10.1. The summed E-state index contributed by atoms with van der Waals surface area (Å²) in [5.74, 6) is 0. The normalized spacial score (nSPS) is 12.7. The van der Waals surface area contributed by atoms with E-state index >= 15 is 0 Å². The average molecular weight is 352 g/mol. The lowest BCUT2D eigenvalue weighted by Crippen LogP contribution is -2.05. The van der Waals surface area contributed by atoms with Gasteiger partial charge in [0.2, 0.25) is 0 Å². The summed E-state index contributed by atoms with van der Waals surface area (Å²) in [4.78, 5) is 3.41. The summed E-state index contributed by atoms with van der Waals surface area (Å²) < 4.78 is 60.3. The number of hydrogen-bond acceptors (Lipinski definition) is 4. The van der Waals surface area contributed by atoms with Gasteiger partial charge < -0.3 is 0 Å². The SMILES string of the molecule is CS(=O)(=O)/C(C#N)=C/c1ccc(-c2ccc(C(F)(F)F)cn2)cc1. The van der Waals surface area contributed by atoms with E-state index in [9.17, 15) is 21.6 Å². The van der Waals surface area contributed by atoms with Crippen LogP contribution in [0.3, 0.4) is 0 Å². The molecule has 2 aromatic rings. The molecule has 1 heterocycles. The lowest BCUT2D eigenvalue weighted by Gasteiger charge is -2.07. The number of hydrogen-bond donors (Lipinski definition) is 0. The van der Waals surface area contributed by atoms with E-state index in [4.69, 9.17) is 5.26 Å². The Kier molecular flexibility index (Phi) is 4.76. The van der Waals surface area contributed by atoms with Crippen LogP contribution < -0.4 is 0 Å². The lowest BCUT2D eigenvalue weighted by molar-refractivity contribution is -0.137. The van der Waals surface area contributed by atoms with Crippen molar-refractivity contribution < 1.29 is 21.6 Å². The zero-order chi connectivity index (χ0) is 18.0. The number of benzene rings is 1. The van der Waals surface area contributed by atoms with E-state index in [0.29, 0.717) is 16.8 Å². The van der Waals surface area contributed by atoms with Crippen molar-refractivity contribution in [3.05, 3.63) is 58.6 Å². The van der Waals surface area contributed by atoms with Gasteiger partial charge in [-0.25, -0.2) is 8.42 Å². The Morgan fingerprint density at radius 1 is 1.17 bits per heavy atom. The molecule has 124 valence electrons. The number of pyridine rings is 1. The molecule has 0 N–H and O–H groups in total. The fraction of sp³-hybridized carbons (Fsp3) is 0.125. The number of alkyl halides is 3. The summed E-state index contributed by atoms with van der Waals surface area (Å²) in [7, 11) is -3.61. The maximum absolute atomic E-state index is 12.5. The Bertz CT molecular complexity index is 908. The van der Waals surface area contributed by atoms with Crippen molar-refractivity contribution in [2.75, 3.05) is 6.26 Å². The Morgan fingerprint density at radius 2 is 1.79 bits per heavy atom. The van der Waals surface area contributed by atoms with E-state index < -0.39 is 21.6 Å². The largest absolute Gasteiger partial charge is 0.417 e. The Hall–Kier alpha value is -2.66. The molecule has 0 spiro atoms. The predicted molar refractivity (Wildman–Crippen MR) is 83.1 cm³/mol. The number of rotatable bonds is 3. The van der Waals surface area contributed by atoms with Crippen LogP contribution in [0.1, 0.15) is 11.1 Å². The first kappa shape index (κ1) is 17.7. The molecule has 24 heavy (non-hydrogen) atoms. The number of aromatic nitrogens is 1. The third kappa shape index (κ3) is 4.20. The summed E-state index contributed by atoms with van der Waals surface area (Å²) in [6.45, 7) is 0. The fourth-order valence-corrected chi connectivity index (χ4v) is 2.37. The Labute approximate surface area is 136 Å². The van der Waals surface area contributed by atoms with Crippen molar-refractivity contribution >= 4 is 15.9 Å². The molecule has 8 heteroatoms. The lowest BCUT2D eigenvalue weighted by atomic mass is 10.1. The number of halogens is 3. The minimum atomic E-state index is -4.44. The molecule has 1 aromatic heterocycles. The molecule has 2 rings (SSSR count). The minimum Gasteiger partial charge on any atom is -0.256 e. The van der Waals surface area contributed by atoms with Crippen molar-refractivity contribution in [1.82, 2.24) is 4.98 Å². The van der Waals surface area contributed by atoms with Crippen molar-refractivity contribution in [3.8, 4) is 17.3 Å². The highest BCUT2D eigenvalue weighted by Crippen LogP contribution is 2.29. The molecule has 0 bridgehead atoms. The standard InChI is InChI=1S/C16H11F3N2O2S/c1-24(22,23)14(9-20)8-11-2-4-12(5-3-11)15-7-6-13(10-21-15)16(17,18)19/h2-8,10H,1H3/b14-8+. The molecular weight excluding hydrogens is 341 g/mol. The van der Waals surface area contributed by atoms with Gasteiger partial charge in [-0.3, -0.25) is 4.98 Å². The second kappa shape index (κ2) is 6.45. The summed E-state index contributed by atoms with van der Waals surface area (Å²) in [5.41, 5.74) is 0.561. The quantitative estimate of drug-likeness (QED) is 0.790. The van der Waals surface area contributed by atoms with E-state index in [0.717, 1.165) is 18.5 Å². The van der Waals surface area contributed by atoms with Crippen LogP contribution in [-0.2, 0) is 16.0 Å². The zero-order valence-electron chi connectivity index (χ0n) is 12.4. The molecule has 0 aliphatic carbocycles. The Balaban J connectivity index is 2.30. The van der Waals surface area contributed by atoms with Crippen LogP contribution >= 0.6 is 0 Å². The van der Waals surface area contributed by atoms with Gasteiger partial charge in [-0.1, -0.05) is 24.3 Å². The third-order valence-electron chi connectivity index (χ3n) is 3.10. The van der Waals surface area contributed by atoms with Crippen LogP contribution in [0.5, 0.6) is 0 Å². The first-order chi connectivity index (χ1) is 11.1. The zero-order valence-corrected chi connectivity index (χ0v) is 13.2. The number of nitriles is 1. The highest BCUT2D eigenvalue weighted by Gasteiger charge is 2.30. The molecule has 0 radical (unpaired) electrons. The predicted octanol–water partition coefficient (Wildman–Crippen LogP) is 3.68. The maximum Gasteiger partial charge on any atom is 0.417 e. The van der Waals surface area contributed by atoms with Gasteiger partial charge in [0.1, 0.15) is 11.0 Å². The molecular formula is C16H11F3N2O2S. The number of sulfone groups is 1. The van der Waals surface area contributed by atoms with Crippen LogP contribution in [0.15, 0.2) is 47.5 Å². The van der Waals surface area contributed by atoms with E-state index in [1.54, 1.807) is 30.3 Å². The third-order valence-corrected chi connectivity index (χ3v) is 4.11. The molecule has 0 unspecified atom stereocenters. The molecule has 0 saturated carbocycles. The van der Waals surface area contributed by atoms with Gasteiger partial charge in [-0.2, -0.15) is 18.4 Å². The van der Waals surface area contributed by atoms with Crippen LogP contribution in [0.25, 0.3) is 17.3 Å². The van der Waals surface area contributed by atoms with Crippen molar-refractivity contribution in [2.45, 2.75) is 6.18 Å². The van der Waals surface area contributed by atoms with Crippen LogP contribution in [-0.4, -0.2) is 19.7 Å². The van der Waals surface area contributed by atoms with Gasteiger partial charge in [0, 0.05) is 18.0 Å². The summed E-state index contributed by atoms with van der Waals surface area (Å²) >= 11 is 0. The Morgan fingerprint density at radius 3 is 2.21 bits per heavy atom. The van der Waals surface area contributed by atoms with E-state index in [-0.39, 0.29) is 4.91 Å². The van der Waals surface area contributed by atoms with E-state index in [1.807, 2.05) is 0 Å². The topological polar surface area (TPSA) is 70.8 Å². The van der Waals surface area contributed by atoms with Gasteiger partial charge >= 0.3 is 6.18 Å². The molecule has 4 nitrogen and oxygen atoms in total. The molecule has 0 aliphatic heterocycles. The van der Waals surface area contributed by atoms with Crippen molar-refractivity contribution in [2.24, 2.45) is 0 Å². The highest BCUT2D eigenvalue weighted by atomic mass is 32.2. The smallest absolute Gasteiger partial charge is 0.256 e. The van der Waals surface area contributed by atoms with Gasteiger partial charge in [-0.15, -0.1) is 0 Å². The maximum atomic E-state index is 12.5. The number of allylic oxidation sites excluding steroid dienone is 1. The molecule has 0 aliphatic rings. The van der Waals surface area contributed by atoms with Crippen molar-refractivity contribution in [3.63, 3.8) is 0 Å². The van der Waals surface area contributed by atoms with E-state index in [2.05, 4.69) is 4.98 Å². The summed E-state index contributed by atoms with van der Waals surface area (Å²) in [6.07, 6.45) is -1.54. The summed E-state index contributed by atoms with van der Waals surface area (Å²) in [5, 5.41) is 8.85. The molecule has 0 atom stereocenters. The second-order valence-corrected chi connectivity index (χ2v) is 6.93. The van der Waals surface area contributed by atoms with Gasteiger partial charge in [0.25, 0.3) is 0 Å². The first-order valence-electron chi connectivity index (χ1n) is 6.57.